The number of hydrogen-bond acceptors (Lipinski definition) is 4. The van der Waals surface area contributed by atoms with Gasteiger partial charge in [-0.15, -0.1) is 0 Å². The average molecular weight is 253 g/mol. The molecule has 1 saturated carbocycles. The number of furan rings is 1. The van der Waals surface area contributed by atoms with Gasteiger partial charge in [0, 0.05) is 12.7 Å². The second-order valence-electron chi connectivity index (χ2n) is 5.09. The van der Waals surface area contributed by atoms with E-state index in [1.807, 2.05) is 12.1 Å². The number of hydrogen-bond donors (Lipinski definition) is 2. The maximum atomic E-state index is 8.83. The van der Waals surface area contributed by atoms with Crippen molar-refractivity contribution in [3.05, 3.63) is 17.9 Å². The van der Waals surface area contributed by atoms with Gasteiger partial charge in [-0.05, 0) is 31.2 Å². The summed E-state index contributed by atoms with van der Waals surface area (Å²) in [5, 5.41) is 8.83. The maximum absolute atomic E-state index is 8.83. The SMILES string of the molecule is NC(CCO)c1ccc(OCC2CCCCC2)o1. The number of ether oxygens (including phenoxy) is 1. The van der Waals surface area contributed by atoms with Crippen LogP contribution in [0.15, 0.2) is 16.5 Å². The molecule has 1 aliphatic rings. The standard InChI is InChI=1S/C14H23NO3/c15-12(8-9-16)13-6-7-14(18-13)17-10-11-4-2-1-3-5-11/h6-7,11-12,16H,1-5,8-10,15H2. The molecule has 1 heterocycles. The molecule has 0 aromatic carbocycles. The predicted octanol–water partition coefficient (Wildman–Crippen LogP) is 2.62. The van der Waals surface area contributed by atoms with Crippen molar-refractivity contribution in [2.45, 2.75) is 44.6 Å². The highest BCUT2D eigenvalue weighted by atomic mass is 16.6. The third kappa shape index (κ3) is 3.75. The first-order valence-corrected chi connectivity index (χ1v) is 6.88. The summed E-state index contributed by atoms with van der Waals surface area (Å²) < 4.78 is 11.2. The lowest BCUT2D eigenvalue weighted by atomic mass is 9.90. The Bertz CT molecular complexity index is 345. The highest BCUT2D eigenvalue weighted by Gasteiger charge is 2.16. The third-order valence-electron chi connectivity index (χ3n) is 3.59. The molecule has 0 amide bonds. The highest BCUT2D eigenvalue weighted by Crippen LogP contribution is 2.26. The van der Waals surface area contributed by atoms with Crippen LogP contribution in [-0.4, -0.2) is 18.3 Å². The Labute approximate surface area is 108 Å². The van der Waals surface area contributed by atoms with Gasteiger partial charge in [0.05, 0.1) is 12.6 Å². The fourth-order valence-electron chi connectivity index (χ4n) is 2.45. The minimum atomic E-state index is -0.248. The quantitative estimate of drug-likeness (QED) is 0.817. The van der Waals surface area contributed by atoms with Crippen molar-refractivity contribution in [1.29, 1.82) is 0 Å². The average Bonchev–Trinajstić information content (AvgIpc) is 2.87. The topological polar surface area (TPSA) is 68.6 Å². The molecule has 0 aliphatic heterocycles. The summed E-state index contributed by atoms with van der Waals surface area (Å²) in [6.07, 6.45) is 7.03. The van der Waals surface area contributed by atoms with Crippen LogP contribution in [0.5, 0.6) is 5.95 Å². The van der Waals surface area contributed by atoms with E-state index in [0.717, 1.165) is 6.61 Å². The van der Waals surface area contributed by atoms with E-state index in [1.54, 1.807) is 0 Å². The van der Waals surface area contributed by atoms with Crippen LogP contribution in [0, 0.1) is 5.92 Å². The van der Waals surface area contributed by atoms with Crippen molar-refractivity contribution in [1.82, 2.24) is 0 Å². The van der Waals surface area contributed by atoms with Crippen molar-refractivity contribution >= 4 is 0 Å². The molecule has 18 heavy (non-hydrogen) atoms. The van der Waals surface area contributed by atoms with Crippen molar-refractivity contribution in [2.75, 3.05) is 13.2 Å². The second-order valence-corrected chi connectivity index (χ2v) is 5.09. The Morgan fingerprint density at radius 2 is 2.11 bits per heavy atom. The number of aliphatic hydroxyl groups excluding tert-OH is 1. The van der Waals surface area contributed by atoms with E-state index in [1.165, 1.54) is 32.1 Å². The minimum Gasteiger partial charge on any atom is -0.465 e. The maximum Gasteiger partial charge on any atom is 0.284 e. The third-order valence-corrected chi connectivity index (χ3v) is 3.59. The van der Waals surface area contributed by atoms with Gasteiger partial charge in [0.15, 0.2) is 0 Å². The zero-order valence-electron chi connectivity index (χ0n) is 10.8. The Morgan fingerprint density at radius 3 is 2.83 bits per heavy atom. The molecule has 2 rings (SSSR count). The Hall–Kier alpha value is -1.00. The second kappa shape index (κ2) is 6.81. The number of nitrogens with two attached hydrogens (primary N) is 1. The fourth-order valence-corrected chi connectivity index (χ4v) is 2.45. The lowest BCUT2D eigenvalue weighted by molar-refractivity contribution is 0.167. The summed E-state index contributed by atoms with van der Waals surface area (Å²) >= 11 is 0. The molecule has 1 atom stereocenters. The molecule has 1 unspecified atom stereocenters. The van der Waals surface area contributed by atoms with Gasteiger partial charge < -0.3 is 20.0 Å². The molecule has 1 aliphatic carbocycles. The van der Waals surface area contributed by atoms with Crippen molar-refractivity contribution < 1.29 is 14.3 Å². The number of aliphatic hydroxyl groups is 1. The molecule has 0 radical (unpaired) electrons. The van der Waals surface area contributed by atoms with Gasteiger partial charge in [0.2, 0.25) is 0 Å². The smallest absolute Gasteiger partial charge is 0.284 e. The van der Waals surface area contributed by atoms with Crippen LogP contribution in [0.4, 0.5) is 0 Å². The van der Waals surface area contributed by atoms with Gasteiger partial charge in [-0.2, -0.15) is 0 Å². The van der Waals surface area contributed by atoms with Crippen LogP contribution < -0.4 is 10.5 Å². The fraction of sp³-hybridized carbons (Fsp3) is 0.714. The first-order valence-electron chi connectivity index (χ1n) is 6.88. The summed E-state index contributed by atoms with van der Waals surface area (Å²) in [5.41, 5.74) is 5.85. The molecule has 3 N–H and O–H groups in total. The molecule has 4 nitrogen and oxygen atoms in total. The van der Waals surface area contributed by atoms with Gasteiger partial charge >= 0.3 is 0 Å². The lowest BCUT2D eigenvalue weighted by Gasteiger charge is -2.20. The molecule has 1 aromatic rings. The van der Waals surface area contributed by atoms with Crippen molar-refractivity contribution in [3.63, 3.8) is 0 Å². The van der Waals surface area contributed by atoms with Crippen molar-refractivity contribution in [2.24, 2.45) is 11.7 Å². The Morgan fingerprint density at radius 1 is 1.33 bits per heavy atom. The molecule has 1 aromatic heterocycles. The monoisotopic (exact) mass is 253 g/mol. The summed E-state index contributed by atoms with van der Waals surface area (Å²) in [7, 11) is 0. The minimum absolute atomic E-state index is 0.0696. The van der Waals surface area contributed by atoms with Crippen LogP contribution >= 0.6 is 0 Å². The molecule has 102 valence electrons. The van der Waals surface area contributed by atoms with Gasteiger partial charge in [0.25, 0.3) is 5.95 Å². The van der Waals surface area contributed by atoms with E-state index in [0.29, 0.717) is 24.0 Å². The largest absolute Gasteiger partial charge is 0.465 e. The molecular formula is C14H23NO3. The molecule has 4 heteroatoms. The summed E-state index contributed by atoms with van der Waals surface area (Å²) in [6, 6.07) is 3.40. The predicted molar refractivity (Wildman–Crippen MR) is 69.4 cm³/mol. The normalized spacial score (nSPS) is 18.8. The van der Waals surface area contributed by atoms with Crippen molar-refractivity contribution in [3.8, 4) is 5.95 Å². The molecule has 0 saturated heterocycles. The zero-order chi connectivity index (χ0) is 12.8. The van der Waals surface area contributed by atoms with Crippen LogP contribution in [-0.2, 0) is 0 Å². The summed E-state index contributed by atoms with van der Waals surface area (Å²) in [4.78, 5) is 0. The zero-order valence-corrected chi connectivity index (χ0v) is 10.8. The van der Waals surface area contributed by atoms with E-state index in [2.05, 4.69) is 0 Å². The van der Waals surface area contributed by atoms with Crippen LogP contribution in [0.2, 0.25) is 0 Å². The van der Waals surface area contributed by atoms with Gasteiger partial charge in [-0.3, -0.25) is 0 Å². The molecular weight excluding hydrogens is 230 g/mol. The Kier molecular flexibility index (Phi) is 5.08. The van der Waals surface area contributed by atoms with Gasteiger partial charge in [-0.1, -0.05) is 19.3 Å². The van der Waals surface area contributed by atoms with Gasteiger partial charge in [-0.25, -0.2) is 0 Å². The Balaban J connectivity index is 1.79. The van der Waals surface area contributed by atoms with Crippen LogP contribution in [0.3, 0.4) is 0 Å². The molecule has 0 bridgehead atoms. The van der Waals surface area contributed by atoms with E-state index in [4.69, 9.17) is 20.0 Å². The summed E-state index contributed by atoms with van der Waals surface area (Å²) in [5.74, 6) is 1.89. The summed E-state index contributed by atoms with van der Waals surface area (Å²) in [6.45, 7) is 0.808. The first kappa shape index (κ1) is 13.4. The number of rotatable bonds is 6. The molecule has 1 fully saturated rings. The van der Waals surface area contributed by atoms with Crippen LogP contribution in [0.25, 0.3) is 0 Å². The van der Waals surface area contributed by atoms with Gasteiger partial charge in [0.1, 0.15) is 5.76 Å². The van der Waals surface area contributed by atoms with E-state index >= 15 is 0 Å². The van der Waals surface area contributed by atoms with E-state index in [9.17, 15) is 0 Å². The highest BCUT2D eigenvalue weighted by molar-refractivity contribution is 5.14. The van der Waals surface area contributed by atoms with E-state index < -0.39 is 0 Å². The first-order chi connectivity index (χ1) is 8.79. The lowest BCUT2D eigenvalue weighted by Crippen LogP contribution is -2.15. The van der Waals surface area contributed by atoms with E-state index in [-0.39, 0.29) is 12.6 Å². The molecule has 0 spiro atoms. The van der Waals surface area contributed by atoms with Crippen LogP contribution in [0.1, 0.15) is 50.3 Å².